The van der Waals surface area contributed by atoms with Gasteiger partial charge in [-0.1, -0.05) is 18.2 Å². The Morgan fingerprint density at radius 2 is 1.90 bits per heavy atom. The Morgan fingerprint density at radius 3 is 2.60 bits per heavy atom. The molecule has 20 heavy (non-hydrogen) atoms. The smallest absolute Gasteiger partial charge is 0.327 e. The first-order valence-electron chi connectivity index (χ1n) is 6.65. The summed E-state index contributed by atoms with van der Waals surface area (Å²) in [6, 6.07) is 6.30. The number of amides is 2. The van der Waals surface area contributed by atoms with E-state index in [4.69, 9.17) is 4.74 Å². The zero-order valence-electron chi connectivity index (χ0n) is 11.0. The number of urea groups is 1. The van der Waals surface area contributed by atoms with Crippen LogP contribution >= 0.6 is 0 Å². The molecule has 2 heterocycles. The van der Waals surface area contributed by atoms with E-state index < -0.39 is 12.0 Å². The number of carboxylic acid groups (broad SMARTS) is 1. The monoisotopic (exact) mass is 276 g/mol. The average molecular weight is 276 g/mol. The number of carbonyl (C=O) groups excluding carboxylic acids is 1. The fraction of sp³-hybridized carbons (Fsp3) is 0.429. The molecule has 106 valence electrons. The summed E-state index contributed by atoms with van der Waals surface area (Å²) in [7, 11) is 0. The zero-order chi connectivity index (χ0) is 14.1. The number of carbonyl (C=O) groups is 2. The van der Waals surface area contributed by atoms with E-state index in [-0.39, 0.29) is 6.03 Å². The van der Waals surface area contributed by atoms with Gasteiger partial charge >= 0.3 is 12.0 Å². The quantitative estimate of drug-likeness (QED) is 0.829. The molecule has 1 fully saturated rings. The molecule has 6 nitrogen and oxygen atoms in total. The van der Waals surface area contributed by atoms with E-state index in [1.807, 2.05) is 18.2 Å². The molecule has 0 aromatic heterocycles. The molecule has 0 aliphatic carbocycles. The second kappa shape index (κ2) is 5.13. The van der Waals surface area contributed by atoms with Crippen molar-refractivity contribution >= 4 is 17.7 Å². The van der Waals surface area contributed by atoms with Gasteiger partial charge in [-0.05, 0) is 11.6 Å². The summed E-state index contributed by atoms with van der Waals surface area (Å²) in [4.78, 5) is 27.1. The zero-order valence-corrected chi connectivity index (χ0v) is 11.0. The molecule has 0 radical (unpaired) electrons. The molecule has 1 aromatic rings. The fourth-order valence-corrected chi connectivity index (χ4v) is 2.73. The minimum atomic E-state index is -0.970. The molecule has 1 atom stereocenters. The molecule has 6 heteroatoms. The third-order valence-corrected chi connectivity index (χ3v) is 3.75. The summed E-state index contributed by atoms with van der Waals surface area (Å²) in [5, 5.41) is 9.37. The molecule has 2 aliphatic rings. The van der Waals surface area contributed by atoms with Crippen LogP contribution in [0.5, 0.6) is 0 Å². The molecule has 0 spiro atoms. The minimum absolute atomic E-state index is 0.245. The van der Waals surface area contributed by atoms with Gasteiger partial charge in [0.25, 0.3) is 0 Å². The highest BCUT2D eigenvalue weighted by Crippen LogP contribution is 2.33. The van der Waals surface area contributed by atoms with Crippen molar-refractivity contribution in [3.8, 4) is 0 Å². The van der Waals surface area contributed by atoms with Crippen molar-refractivity contribution in [3.05, 3.63) is 29.8 Å². The largest absolute Gasteiger partial charge is 0.480 e. The number of nitrogens with zero attached hydrogens (tertiary/aromatic N) is 2. The summed E-state index contributed by atoms with van der Waals surface area (Å²) in [6.45, 7) is 2.01. The van der Waals surface area contributed by atoms with E-state index in [2.05, 4.69) is 0 Å². The lowest BCUT2D eigenvalue weighted by molar-refractivity contribution is -0.138. The Hall–Kier alpha value is -2.08. The van der Waals surface area contributed by atoms with Crippen molar-refractivity contribution in [2.45, 2.75) is 12.5 Å². The second-order valence-corrected chi connectivity index (χ2v) is 4.94. The Labute approximate surface area is 116 Å². The number of hydrogen-bond acceptors (Lipinski definition) is 3. The normalized spacial score (nSPS) is 21.7. The predicted molar refractivity (Wildman–Crippen MR) is 71.8 cm³/mol. The number of ether oxygens (including phenoxy) is 1. The maximum atomic E-state index is 12.6. The molecular weight excluding hydrogens is 260 g/mol. The van der Waals surface area contributed by atoms with Gasteiger partial charge in [0.05, 0.1) is 13.2 Å². The summed E-state index contributed by atoms with van der Waals surface area (Å²) in [5.41, 5.74) is 1.61. The van der Waals surface area contributed by atoms with Gasteiger partial charge in [0, 0.05) is 25.2 Å². The Kier molecular flexibility index (Phi) is 3.31. The Bertz CT molecular complexity index is 540. The van der Waals surface area contributed by atoms with Crippen LogP contribution in [0.15, 0.2) is 24.3 Å². The van der Waals surface area contributed by atoms with Gasteiger partial charge in [-0.3, -0.25) is 4.90 Å². The molecule has 1 unspecified atom stereocenters. The van der Waals surface area contributed by atoms with E-state index in [1.165, 1.54) is 4.90 Å². The Balaban J connectivity index is 1.91. The van der Waals surface area contributed by atoms with E-state index in [0.717, 1.165) is 5.56 Å². The lowest BCUT2D eigenvalue weighted by atomic mass is 10.1. The van der Waals surface area contributed by atoms with Gasteiger partial charge in [0.1, 0.15) is 6.04 Å². The van der Waals surface area contributed by atoms with Crippen molar-refractivity contribution in [1.29, 1.82) is 0 Å². The van der Waals surface area contributed by atoms with E-state index >= 15 is 0 Å². The minimum Gasteiger partial charge on any atom is -0.480 e. The predicted octanol–water partition coefficient (Wildman–Crippen LogP) is 0.955. The number of anilines is 1. The number of para-hydroxylation sites is 1. The first-order valence-corrected chi connectivity index (χ1v) is 6.65. The van der Waals surface area contributed by atoms with Crippen molar-refractivity contribution in [2.75, 3.05) is 31.2 Å². The average Bonchev–Trinajstić information content (AvgIpc) is 2.87. The number of hydrogen-bond donors (Lipinski definition) is 1. The van der Waals surface area contributed by atoms with Gasteiger partial charge in [0.2, 0.25) is 0 Å². The van der Waals surface area contributed by atoms with Crippen LogP contribution < -0.4 is 4.90 Å². The maximum absolute atomic E-state index is 12.6. The van der Waals surface area contributed by atoms with Crippen LogP contribution in [0.2, 0.25) is 0 Å². The third kappa shape index (κ3) is 2.12. The van der Waals surface area contributed by atoms with E-state index in [0.29, 0.717) is 38.4 Å². The van der Waals surface area contributed by atoms with Crippen LogP contribution in [0.3, 0.4) is 0 Å². The molecule has 1 N–H and O–H groups in total. The van der Waals surface area contributed by atoms with E-state index in [9.17, 15) is 14.7 Å². The summed E-state index contributed by atoms with van der Waals surface area (Å²) in [5.74, 6) is -0.970. The van der Waals surface area contributed by atoms with Gasteiger partial charge in [-0.2, -0.15) is 0 Å². The molecule has 2 amide bonds. The molecule has 0 saturated carbocycles. The van der Waals surface area contributed by atoms with Crippen LogP contribution in [-0.4, -0.2) is 54.4 Å². The van der Waals surface area contributed by atoms with Gasteiger partial charge in [0.15, 0.2) is 0 Å². The van der Waals surface area contributed by atoms with Crippen LogP contribution in [0.4, 0.5) is 10.5 Å². The topological polar surface area (TPSA) is 70.1 Å². The van der Waals surface area contributed by atoms with Crippen molar-refractivity contribution in [1.82, 2.24) is 4.90 Å². The van der Waals surface area contributed by atoms with Crippen molar-refractivity contribution in [3.63, 3.8) is 0 Å². The number of fused-ring (bicyclic) bond motifs is 1. The number of benzene rings is 1. The second-order valence-electron chi connectivity index (χ2n) is 4.94. The third-order valence-electron chi connectivity index (χ3n) is 3.75. The highest BCUT2D eigenvalue weighted by atomic mass is 16.5. The standard InChI is InChI=1S/C14H16N2O4/c17-13(18)12-9-10-3-1-2-4-11(10)16(12)14(19)15-5-7-20-8-6-15/h1-4,12H,5-9H2,(H,17,18). The number of morpholine rings is 1. The molecule has 1 aromatic carbocycles. The van der Waals surface area contributed by atoms with Crippen molar-refractivity contribution in [2.24, 2.45) is 0 Å². The molecule has 2 aliphatic heterocycles. The van der Waals surface area contributed by atoms with Crippen molar-refractivity contribution < 1.29 is 19.4 Å². The first kappa shape index (κ1) is 12.9. The SMILES string of the molecule is O=C(O)C1Cc2ccccc2N1C(=O)N1CCOCC1. The van der Waals surface area contributed by atoms with Crippen LogP contribution in [0.1, 0.15) is 5.56 Å². The Morgan fingerprint density at radius 1 is 1.20 bits per heavy atom. The van der Waals surface area contributed by atoms with Crippen LogP contribution in [-0.2, 0) is 16.0 Å². The molecule has 1 saturated heterocycles. The molecular formula is C14H16N2O4. The number of aliphatic carboxylic acids is 1. The van der Waals surface area contributed by atoms with Crippen LogP contribution in [0, 0.1) is 0 Å². The molecule has 0 bridgehead atoms. The maximum Gasteiger partial charge on any atom is 0.327 e. The highest BCUT2D eigenvalue weighted by molar-refractivity contribution is 6.01. The highest BCUT2D eigenvalue weighted by Gasteiger charge is 2.40. The summed E-state index contributed by atoms with van der Waals surface area (Å²) in [6.07, 6.45) is 0.363. The number of rotatable bonds is 1. The summed E-state index contributed by atoms with van der Waals surface area (Å²) < 4.78 is 5.23. The van der Waals surface area contributed by atoms with Gasteiger partial charge < -0.3 is 14.7 Å². The number of carboxylic acids is 1. The first-order chi connectivity index (χ1) is 9.68. The van der Waals surface area contributed by atoms with Crippen LogP contribution in [0.25, 0.3) is 0 Å². The lowest BCUT2D eigenvalue weighted by Gasteiger charge is -2.33. The van der Waals surface area contributed by atoms with E-state index in [1.54, 1.807) is 11.0 Å². The lowest BCUT2D eigenvalue weighted by Crippen LogP contribution is -2.52. The van der Waals surface area contributed by atoms with Gasteiger partial charge in [-0.25, -0.2) is 9.59 Å². The molecule has 3 rings (SSSR count). The fourth-order valence-electron chi connectivity index (χ4n) is 2.73. The summed E-state index contributed by atoms with van der Waals surface area (Å²) >= 11 is 0. The van der Waals surface area contributed by atoms with Gasteiger partial charge in [-0.15, -0.1) is 0 Å².